The Kier molecular flexibility index (Phi) is 9.36. The second-order valence-electron chi connectivity index (χ2n) is 0.751. The molecule has 0 aliphatic heterocycles. The molecule has 0 heterocycles. The lowest BCUT2D eigenvalue weighted by atomic mass is 11.2. The van der Waals surface area contributed by atoms with E-state index in [-0.39, 0.29) is 14.8 Å². The first-order valence-electron chi connectivity index (χ1n) is 1.24. The zero-order valence-electron chi connectivity index (χ0n) is 3.97. The number of rotatable bonds is 1. The van der Waals surface area contributed by atoms with Crippen LogP contribution in [0.5, 0.6) is 0 Å². The van der Waals surface area contributed by atoms with E-state index in [0.29, 0.717) is 0 Å². The highest BCUT2D eigenvalue weighted by atomic mass is 32.2. The molecule has 0 aliphatic carbocycles. The standard InChI is InChI=1S/C2H2O4S.2FH/c3-1-2-7(4,5)6;;/h2H,(H,4,5,6);2*1H. The lowest BCUT2D eigenvalue weighted by Gasteiger charge is -1.71. The molecule has 0 aromatic heterocycles. The molecule has 0 unspecified atom stereocenters. The molecule has 0 rings (SSSR count). The molecule has 56 valence electrons. The summed E-state index contributed by atoms with van der Waals surface area (Å²) in [5.74, 6) is 0.895. The topological polar surface area (TPSA) is 71.4 Å². The zero-order valence-corrected chi connectivity index (χ0v) is 4.79. The number of hydrogen-bond donors (Lipinski definition) is 1. The minimum Gasteiger partial charge on any atom is -0.282 e. The van der Waals surface area contributed by atoms with Crippen molar-refractivity contribution >= 4 is 16.1 Å². The third-order valence-electron chi connectivity index (χ3n) is 0.197. The molecule has 0 saturated heterocycles. The van der Waals surface area contributed by atoms with Crippen molar-refractivity contribution in [1.29, 1.82) is 0 Å². The first kappa shape index (κ1) is 15.7. The van der Waals surface area contributed by atoms with E-state index in [1.807, 2.05) is 0 Å². The maximum absolute atomic E-state index is 9.47. The second kappa shape index (κ2) is 5.36. The van der Waals surface area contributed by atoms with Gasteiger partial charge < -0.3 is 0 Å². The molecule has 0 radical (unpaired) electrons. The van der Waals surface area contributed by atoms with Crippen molar-refractivity contribution in [3.63, 3.8) is 0 Å². The van der Waals surface area contributed by atoms with Crippen LogP contribution in [0.25, 0.3) is 0 Å². The Balaban J connectivity index is -0.000000180. The van der Waals surface area contributed by atoms with Gasteiger partial charge in [-0.2, -0.15) is 8.42 Å². The molecule has 9 heavy (non-hydrogen) atoms. The van der Waals surface area contributed by atoms with Crippen LogP contribution in [0.15, 0.2) is 5.41 Å². The fourth-order valence-electron chi connectivity index (χ4n) is 0.0608. The number of halogens is 2. The first-order valence-corrected chi connectivity index (χ1v) is 2.75. The maximum atomic E-state index is 9.47. The van der Waals surface area contributed by atoms with Crippen LogP contribution in [-0.4, -0.2) is 18.9 Å². The molecule has 0 aromatic carbocycles. The highest BCUT2D eigenvalue weighted by molar-refractivity contribution is 7.89. The van der Waals surface area contributed by atoms with Crippen molar-refractivity contribution in [2.75, 3.05) is 0 Å². The van der Waals surface area contributed by atoms with Crippen LogP contribution in [0, 0.1) is 0 Å². The van der Waals surface area contributed by atoms with Crippen LogP contribution >= 0.6 is 0 Å². The monoisotopic (exact) mass is 162 g/mol. The molecule has 0 amide bonds. The minimum atomic E-state index is -4.22. The third-order valence-corrected chi connectivity index (χ3v) is 0.591. The summed E-state index contributed by atoms with van der Waals surface area (Å²) in [7, 11) is -4.22. The Morgan fingerprint density at radius 2 is 1.67 bits per heavy atom. The highest BCUT2D eigenvalue weighted by Gasteiger charge is 1.92. The van der Waals surface area contributed by atoms with E-state index in [9.17, 15) is 8.42 Å². The Morgan fingerprint density at radius 3 is 1.67 bits per heavy atom. The average Bonchev–Trinajstić information content (AvgIpc) is 1.30. The Hall–Kier alpha value is -0.780. The Morgan fingerprint density at radius 1 is 1.33 bits per heavy atom. The van der Waals surface area contributed by atoms with Crippen molar-refractivity contribution in [3.8, 4) is 0 Å². The van der Waals surface area contributed by atoms with Crippen molar-refractivity contribution < 1.29 is 27.2 Å². The third kappa shape index (κ3) is 19.0. The average molecular weight is 162 g/mol. The minimum absolute atomic E-state index is 0. The predicted octanol–water partition coefficient (Wildman–Crippen LogP) is -0.475. The van der Waals surface area contributed by atoms with Gasteiger partial charge in [-0.15, -0.1) is 0 Å². The van der Waals surface area contributed by atoms with Crippen LogP contribution in [-0.2, 0) is 14.9 Å². The summed E-state index contributed by atoms with van der Waals surface area (Å²) in [6, 6.07) is 0. The van der Waals surface area contributed by atoms with Gasteiger partial charge in [-0.05, 0) is 0 Å². The summed E-state index contributed by atoms with van der Waals surface area (Å²) in [5, 5.41) is 0.0347. The van der Waals surface area contributed by atoms with E-state index < -0.39 is 10.1 Å². The van der Waals surface area contributed by atoms with Crippen LogP contribution in [0.2, 0.25) is 0 Å². The van der Waals surface area contributed by atoms with Crippen LogP contribution < -0.4 is 0 Å². The largest absolute Gasteiger partial charge is 0.298 e. The molecule has 0 bridgehead atoms. The van der Waals surface area contributed by atoms with Gasteiger partial charge in [0.2, 0.25) is 0 Å². The Labute approximate surface area is 49.7 Å². The van der Waals surface area contributed by atoms with Crippen LogP contribution in [0.1, 0.15) is 0 Å². The molecule has 0 aliphatic rings. The highest BCUT2D eigenvalue weighted by Crippen LogP contribution is 1.74. The molecule has 0 fully saturated rings. The summed E-state index contributed by atoms with van der Waals surface area (Å²) in [5.41, 5.74) is 0. The van der Waals surface area contributed by atoms with Gasteiger partial charge in [-0.1, -0.05) is 0 Å². The summed E-state index contributed by atoms with van der Waals surface area (Å²) in [4.78, 5) is 9.10. The van der Waals surface area contributed by atoms with Gasteiger partial charge in [-0.3, -0.25) is 14.0 Å². The molecule has 0 spiro atoms. The van der Waals surface area contributed by atoms with Gasteiger partial charge in [0, 0.05) is 0 Å². The molecule has 7 heteroatoms. The maximum Gasteiger partial charge on any atom is 0.298 e. The lowest BCUT2D eigenvalue weighted by molar-refractivity contribution is 0.494. The fraction of sp³-hybridized carbons (Fsp3) is 0. The first-order chi connectivity index (χ1) is 3.06. The number of carbonyl (C=O) groups excluding carboxylic acids is 1. The van der Waals surface area contributed by atoms with Crippen LogP contribution in [0.3, 0.4) is 0 Å². The molecule has 0 saturated carbocycles. The molecule has 4 nitrogen and oxygen atoms in total. The lowest BCUT2D eigenvalue weighted by Crippen LogP contribution is -1.88. The van der Waals surface area contributed by atoms with Gasteiger partial charge in [0.05, 0.1) is 0 Å². The zero-order chi connectivity index (χ0) is 5.91. The van der Waals surface area contributed by atoms with Crippen LogP contribution in [0.4, 0.5) is 9.41 Å². The van der Waals surface area contributed by atoms with Gasteiger partial charge in [-0.25, -0.2) is 4.79 Å². The van der Waals surface area contributed by atoms with E-state index in [2.05, 4.69) is 0 Å². The molecular formula is C2H4F2O4S. The van der Waals surface area contributed by atoms with E-state index in [4.69, 9.17) is 9.35 Å². The van der Waals surface area contributed by atoms with E-state index in [1.54, 1.807) is 0 Å². The van der Waals surface area contributed by atoms with Crippen molar-refractivity contribution in [3.05, 3.63) is 5.41 Å². The van der Waals surface area contributed by atoms with E-state index >= 15 is 0 Å². The quantitative estimate of drug-likeness (QED) is 0.417. The van der Waals surface area contributed by atoms with Gasteiger partial charge in [0.15, 0.2) is 0 Å². The normalized spacial score (nSPS) is 7.67. The van der Waals surface area contributed by atoms with Gasteiger partial charge in [0.25, 0.3) is 10.1 Å². The predicted molar refractivity (Wildman–Crippen MR) is 26.8 cm³/mol. The van der Waals surface area contributed by atoms with E-state index in [1.165, 1.54) is 0 Å². The van der Waals surface area contributed by atoms with E-state index in [0.717, 1.165) is 5.94 Å². The van der Waals surface area contributed by atoms with Crippen molar-refractivity contribution in [2.24, 2.45) is 0 Å². The van der Waals surface area contributed by atoms with Gasteiger partial charge >= 0.3 is 0 Å². The SMILES string of the molecule is F.F.O=C=CS(=O)(=O)O. The molecule has 0 atom stereocenters. The molecular weight excluding hydrogens is 158 g/mol. The van der Waals surface area contributed by atoms with Crippen molar-refractivity contribution in [2.45, 2.75) is 0 Å². The van der Waals surface area contributed by atoms with Crippen molar-refractivity contribution in [1.82, 2.24) is 0 Å². The molecule has 0 aromatic rings. The summed E-state index contributed by atoms with van der Waals surface area (Å²) < 4.78 is 26.6. The number of hydrogen-bond acceptors (Lipinski definition) is 3. The summed E-state index contributed by atoms with van der Waals surface area (Å²) in [6.07, 6.45) is 0. The summed E-state index contributed by atoms with van der Waals surface area (Å²) in [6.45, 7) is 0. The van der Waals surface area contributed by atoms with Gasteiger partial charge in [0.1, 0.15) is 11.3 Å². The molecule has 1 N–H and O–H groups in total. The summed E-state index contributed by atoms with van der Waals surface area (Å²) >= 11 is 0. The second-order valence-corrected chi connectivity index (χ2v) is 2.02. The Bertz CT molecular complexity index is 189. The smallest absolute Gasteiger partial charge is 0.282 e. The fourth-order valence-corrected chi connectivity index (χ4v) is 0.182.